The van der Waals surface area contributed by atoms with Crippen molar-refractivity contribution in [3.8, 4) is 0 Å². The van der Waals surface area contributed by atoms with Gasteiger partial charge >= 0.3 is 0 Å². The van der Waals surface area contributed by atoms with E-state index >= 15 is 0 Å². The third-order valence-corrected chi connectivity index (χ3v) is 4.88. The molecule has 0 bridgehead atoms. The number of nitrogen functional groups attached to an aromatic ring is 1. The molecule has 110 valence electrons. The summed E-state index contributed by atoms with van der Waals surface area (Å²) in [6.45, 7) is 7.34. The van der Waals surface area contributed by atoms with Crippen LogP contribution in [0.2, 0.25) is 0 Å². The Morgan fingerprint density at radius 3 is 2.70 bits per heavy atom. The number of aromatic amines is 1. The van der Waals surface area contributed by atoms with Gasteiger partial charge in [-0.25, -0.2) is 0 Å². The quantitative estimate of drug-likeness (QED) is 0.870. The monoisotopic (exact) mass is 276 g/mol. The van der Waals surface area contributed by atoms with Gasteiger partial charge in [0, 0.05) is 18.5 Å². The molecule has 2 heterocycles. The first-order valence-corrected chi connectivity index (χ1v) is 7.63. The van der Waals surface area contributed by atoms with Crippen molar-refractivity contribution < 1.29 is 4.79 Å². The van der Waals surface area contributed by atoms with E-state index in [9.17, 15) is 4.79 Å². The predicted molar refractivity (Wildman–Crippen MR) is 78.4 cm³/mol. The number of hydrogen-bond acceptors (Lipinski definition) is 3. The maximum atomic E-state index is 12.7. The first-order chi connectivity index (χ1) is 9.49. The number of anilines is 1. The number of carbonyl (C=O) groups excluding carboxylic acids is 1. The predicted octanol–water partition coefficient (Wildman–Crippen LogP) is 2.38. The van der Waals surface area contributed by atoms with Gasteiger partial charge in [-0.05, 0) is 38.0 Å². The van der Waals surface area contributed by atoms with E-state index in [0.717, 1.165) is 25.1 Å². The summed E-state index contributed by atoms with van der Waals surface area (Å²) in [6, 6.07) is 0.249. The van der Waals surface area contributed by atoms with Gasteiger partial charge in [-0.2, -0.15) is 5.10 Å². The van der Waals surface area contributed by atoms with Crippen LogP contribution < -0.4 is 5.73 Å². The Morgan fingerprint density at radius 2 is 2.05 bits per heavy atom. The van der Waals surface area contributed by atoms with Gasteiger partial charge < -0.3 is 10.6 Å². The van der Waals surface area contributed by atoms with Crippen molar-refractivity contribution in [3.63, 3.8) is 0 Å². The molecule has 1 aliphatic heterocycles. The highest BCUT2D eigenvalue weighted by atomic mass is 16.2. The Balaban J connectivity index is 1.84. The third kappa shape index (κ3) is 2.19. The van der Waals surface area contributed by atoms with Crippen molar-refractivity contribution in [3.05, 3.63) is 11.4 Å². The largest absolute Gasteiger partial charge is 0.395 e. The molecule has 3 rings (SSSR count). The maximum absolute atomic E-state index is 12.7. The summed E-state index contributed by atoms with van der Waals surface area (Å²) in [7, 11) is 0. The number of rotatable bonds is 2. The standard InChI is InChI=1S/C15H24N4O/c1-8-6-9(2)10(3)19(7-8)15(20)14-12(16)13(17-18-14)11-4-5-11/h8-11H,4-7,16H2,1-3H3,(H,17,18). The van der Waals surface area contributed by atoms with Gasteiger partial charge in [-0.15, -0.1) is 0 Å². The van der Waals surface area contributed by atoms with Gasteiger partial charge in [0.15, 0.2) is 5.69 Å². The van der Waals surface area contributed by atoms with Crippen LogP contribution >= 0.6 is 0 Å². The Kier molecular flexibility index (Phi) is 3.22. The molecule has 1 aromatic rings. The van der Waals surface area contributed by atoms with E-state index < -0.39 is 0 Å². The highest BCUT2D eigenvalue weighted by molar-refractivity contribution is 5.98. The molecule has 5 nitrogen and oxygen atoms in total. The average Bonchev–Trinajstić information content (AvgIpc) is 3.16. The molecule has 2 aliphatic rings. The molecule has 0 spiro atoms. The first-order valence-electron chi connectivity index (χ1n) is 7.63. The van der Waals surface area contributed by atoms with E-state index in [0.29, 0.717) is 29.1 Å². The SMILES string of the molecule is CC1CC(C)C(C)N(C(=O)c2n[nH]c(C3CC3)c2N)C1. The second-order valence-electron chi connectivity index (χ2n) is 6.69. The van der Waals surface area contributed by atoms with E-state index in [-0.39, 0.29) is 11.9 Å². The number of nitrogens with two attached hydrogens (primary N) is 1. The van der Waals surface area contributed by atoms with Crippen molar-refractivity contribution >= 4 is 11.6 Å². The molecule has 3 atom stereocenters. The summed E-state index contributed by atoms with van der Waals surface area (Å²) < 4.78 is 0. The number of piperidine rings is 1. The van der Waals surface area contributed by atoms with Crippen LogP contribution in [0.5, 0.6) is 0 Å². The van der Waals surface area contributed by atoms with Crippen molar-refractivity contribution in [1.82, 2.24) is 15.1 Å². The highest BCUT2D eigenvalue weighted by Crippen LogP contribution is 2.42. The lowest BCUT2D eigenvalue weighted by Crippen LogP contribution is -2.49. The van der Waals surface area contributed by atoms with Gasteiger partial charge in [-0.3, -0.25) is 9.89 Å². The number of aromatic nitrogens is 2. The molecule has 3 unspecified atom stereocenters. The molecule has 1 aliphatic carbocycles. The molecule has 20 heavy (non-hydrogen) atoms. The molecule has 2 fully saturated rings. The summed E-state index contributed by atoms with van der Waals surface area (Å²) >= 11 is 0. The van der Waals surface area contributed by atoms with Gasteiger partial charge in [-0.1, -0.05) is 13.8 Å². The van der Waals surface area contributed by atoms with Crippen LogP contribution in [0.15, 0.2) is 0 Å². The number of nitrogens with zero attached hydrogens (tertiary/aromatic N) is 2. The fraction of sp³-hybridized carbons (Fsp3) is 0.733. The lowest BCUT2D eigenvalue weighted by atomic mass is 9.86. The average molecular weight is 276 g/mol. The Labute approximate surface area is 119 Å². The molecule has 0 aromatic carbocycles. The van der Waals surface area contributed by atoms with Gasteiger partial charge in [0.05, 0.1) is 11.4 Å². The van der Waals surface area contributed by atoms with Crippen LogP contribution in [0.1, 0.15) is 62.1 Å². The number of nitrogens with one attached hydrogen (secondary N) is 1. The molecular formula is C15H24N4O. The molecule has 1 saturated heterocycles. The van der Waals surface area contributed by atoms with Crippen molar-refractivity contribution in [2.75, 3.05) is 12.3 Å². The molecule has 1 aromatic heterocycles. The zero-order valence-corrected chi connectivity index (χ0v) is 12.5. The summed E-state index contributed by atoms with van der Waals surface area (Å²) in [4.78, 5) is 14.7. The number of hydrogen-bond donors (Lipinski definition) is 2. The number of carbonyl (C=O) groups is 1. The van der Waals surface area contributed by atoms with Crippen LogP contribution in [0.3, 0.4) is 0 Å². The molecule has 1 saturated carbocycles. The number of likely N-dealkylation sites (tertiary alicyclic amines) is 1. The lowest BCUT2D eigenvalue weighted by Gasteiger charge is -2.40. The third-order valence-electron chi connectivity index (χ3n) is 4.88. The van der Waals surface area contributed by atoms with E-state index in [1.807, 2.05) is 4.90 Å². The smallest absolute Gasteiger partial charge is 0.276 e. The topological polar surface area (TPSA) is 75.0 Å². The lowest BCUT2D eigenvalue weighted by molar-refractivity contribution is 0.0451. The summed E-state index contributed by atoms with van der Waals surface area (Å²) in [5.41, 5.74) is 8.06. The van der Waals surface area contributed by atoms with Gasteiger partial charge in [0.2, 0.25) is 0 Å². The van der Waals surface area contributed by atoms with Crippen LogP contribution in [0, 0.1) is 11.8 Å². The minimum absolute atomic E-state index is 0.0171. The maximum Gasteiger partial charge on any atom is 0.276 e. The van der Waals surface area contributed by atoms with Crippen molar-refractivity contribution in [1.29, 1.82) is 0 Å². The fourth-order valence-corrected chi connectivity index (χ4v) is 3.33. The molecule has 3 N–H and O–H groups in total. The zero-order chi connectivity index (χ0) is 14.4. The number of H-pyrrole nitrogens is 1. The fourth-order valence-electron chi connectivity index (χ4n) is 3.33. The Bertz CT molecular complexity index is 520. The minimum Gasteiger partial charge on any atom is -0.395 e. The zero-order valence-electron chi connectivity index (χ0n) is 12.5. The van der Waals surface area contributed by atoms with E-state index in [4.69, 9.17) is 5.73 Å². The molecule has 5 heteroatoms. The minimum atomic E-state index is -0.0171. The van der Waals surface area contributed by atoms with Gasteiger partial charge in [0.25, 0.3) is 5.91 Å². The second kappa shape index (κ2) is 4.79. The normalized spacial score (nSPS) is 30.6. The molecule has 0 radical (unpaired) electrons. The van der Waals surface area contributed by atoms with Gasteiger partial charge in [0.1, 0.15) is 0 Å². The Morgan fingerprint density at radius 1 is 1.35 bits per heavy atom. The second-order valence-corrected chi connectivity index (χ2v) is 6.69. The highest BCUT2D eigenvalue weighted by Gasteiger charge is 2.36. The van der Waals surface area contributed by atoms with Crippen LogP contribution in [0.25, 0.3) is 0 Å². The van der Waals surface area contributed by atoms with E-state index in [2.05, 4.69) is 31.0 Å². The molecule has 1 amide bonds. The summed E-state index contributed by atoms with van der Waals surface area (Å²) in [5, 5.41) is 7.17. The molecular weight excluding hydrogens is 252 g/mol. The van der Waals surface area contributed by atoms with Crippen LogP contribution in [0.4, 0.5) is 5.69 Å². The summed E-state index contributed by atoms with van der Waals surface area (Å²) in [6.07, 6.45) is 3.47. The van der Waals surface area contributed by atoms with Crippen molar-refractivity contribution in [2.24, 2.45) is 11.8 Å². The van der Waals surface area contributed by atoms with Crippen molar-refractivity contribution in [2.45, 2.75) is 52.0 Å². The summed E-state index contributed by atoms with van der Waals surface area (Å²) in [5.74, 6) is 1.52. The first kappa shape index (κ1) is 13.5. The van der Waals surface area contributed by atoms with Crippen LogP contribution in [-0.2, 0) is 0 Å². The number of amides is 1. The van der Waals surface area contributed by atoms with E-state index in [1.165, 1.54) is 6.42 Å². The van der Waals surface area contributed by atoms with E-state index in [1.54, 1.807) is 0 Å². The van der Waals surface area contributed by atoms with Crippen LogP contribution in [-0.4, -0.2) is 33.6 Å². The Hall–Kier alpha value is -1.52.